The van der Waals surface area contributed by atoms with E-state index in [0.29, 0.717) is 5.91 Å². The van der Waals surface area contributed by atoms with Gasteiger partial charge in [-0.15, -0.1) is 11.3 Å². The summed E-state index contributed by atoms with van der Waals surface area (Å²) in [4.78, 5) is 19.8. The van der Waals surface area contributed by atoms with Crippen LogP contribution in [0.5, 0.6) is 0 Å². The number of amides is 1. The van der Waals surface area contributed by atoms with Gasteiger partial charge in [-0.25, -0.2) is 4.98 Å². The molecule has 3 heterocycles. The molecule has 0 unspecified atom stereocenters. The van der Waals surface area contributed by atoms with Crippen LogP contribution in [0.1, 0.15) is 41.9 Å². The second kappa shape index (κ2) is 7.49. The summed E-state index contributed by atoms with van der Waals surface area (Å²) in [6, 6.07) is 10.7. The highest BCUT2D eigenvalue weighted by Gasteiger charge is 2.41. The molecule has 2 aliphatic heterocycles. The molecule has 1 aromatic heterocycles. The Morgan fingerprint density at radius 2 is 1.88 bits per heavy atom. The second-order valence-electron chi connectivity index (χ2n) is 7.41. The molecule has 0 atom stereocenters. The molecule has 0 aliphatic carbocycles. The summed E-state index contributed by atoms with van der Waals surface area (Å²) in [5, 5.41) is 3.31. The molecule has 4 rings (SSSR count). The Morgan fingerprint density at radius 3 is 2.50 bits per heavy atom. The molecule has 1 amide bonds. The van der Waals surface area contributed by atoms with Crippen molar-refractivity contribution in [2.45, 2.75) is 38.0 Å². The van der Waals surface area contributed by atoms with E-state index in [-0.39, 0.29) is 11.3 Å². The van der Waals surface area contributed by atoms with Crippen molar-refractivity contribution >= 4 is 17.2 Å². The molecule has 0 bridgehead atoms. The van der Waals surface area contributed by atoms with Crippen LogP contribution in [0.15, 0.2) is 35.7 Å². The van der Waals surface area contributed by atoms with Crippen LogP contribution in [-0.2, 0) is 14.9 Å². The first-order chi connectivity index (χ1) is 12.7. The number of hydrogen-bond acceptors (Lipinski definition) is 4. The molecule has 1 aromatic carbocycles. The lowest BCUT2D eigenvalue weighted by molar-refractivity contribution is -0.140. The largest absolute Gasteiger partial charge is 0.381 e. The standard InChI is InChI=1S/C21H26N2O2S/c1-16-22-19(15-26-16)21(18-5-3-2-4-6-18)9-11-23(12-10-21)20(24)17-7-13-25-14-8-17/h2-6,15,17H,7-14H2,1H3. The Kier molecular flexibility index (Phi) is 5.09. The van der Waals surface area contributed by atoms with E-state index in [9.17, 15) is 4.79 Å². The quantitative estimate of drug-likeness (QED) is 0.826. The second-order valence-corrected chi connectivity index (χ2v) is 8.47. The van der Waals surface area contributed by atoms with Gasteiger partial charge in [-0.1, -0.05) is 30.3 Å². The summed E-state index contributed by atoms with van der Waals surface area (Å²) in [6.07, 6.45) is 3.61. The van der Waals surface area contributed by atoms with Crippen molar-refractivity contribution in [3.63, 3.8) is 0 Å². The average molecular weight is 371 g/mol. The van der Waals surface area contributed by atoms with E-state index in [4.69, 9.17) is 9.72 Å². The summed E-state index contributed by atoms with van der Waals surface area (Å²) < 4.78 is 5.41. The van der Waals surface area contributed by atoms with Crippen molar-refractivity contribution in [2.24, 2.45) is 5.92 Å². The third kappa shape index (κ3) is 3.30. The Labute approximate surface area is 159 Å². The normalized spacial score (nSPS) is 20.9. The number of thiazole rings is 1. The summed E-state index contributed by atoms with van der Waals surface area (Å²) in [5.41, 5.74) is 2.42. The number of carbonyl (C=O) groups is 1. The molecular weight excluding hydrogens is 344 g/mol. The minimum absolute atomic E-state index is 0.0710. The highest BCUT2D eigenvalue weighted by atomic mass is 32.1. The van der Waals surface area contributed by atoms with E-state index >= 15 is 0 Å². The molecule has 5 heteroatoms. The number of ether oxygens (including phenoxy) is 1. The van der Waals surface area contributed by atoms with Gasteiger partial charge in [-0.05, 0) is 38.2 Å². The van der Waals surface area contributed by atoms with E-state index in [1.54, 1.807) is 11.3 Å². The first kappa shape index (κ1) is 17.7. The first-order valence-electron chi connectivity index (χ1n) is 9.54. The Morgan fingerprint density at radius 1 is 1.19 bits per heavy atom. The van der Waals surface area contributed by atoms with Crippen molar-refractivity contribution in [2.75, 3.05) is 26.3 Å². The lowest BCUT2D eigenvalue weighted by atomic mass is 9.70. The lowest BCUT2D eigenvalue weighted by Gasteiger charge is -2.42. The number of aromatic nitrogens is 1. The van der Waals surface area contributed by atoms with E-state index in [0.717, 1.165) is 57.0 Å². The molecule has 2 saturated heterocycles. The number of benzene rings is 1. The van der Waals surface area contributed by atoms with Crippen LogP contribution in [0.25, 0.3) is 0 Å². The van der Waals surface area contributed by atoms with E-state index < -0.39 is 0 Å². The topological polar surface area (TPSA) is 42.4 Å². The minimum atomic E-state index is -0.0710. The molecule has 138 valence electrons. The van der Waals surface area contributed by atoms with Crippen LogP contribution in [0.4, 0.5) is 0 Å². The highest BCUT2D eigenvalue weighted by Crippen LogP contribution is 2.42. The lowest BCUT2D eigenvalue weighted by Crippen LogP contribution is -2.48. The van der Waals surface area contributed by atoms with Crippen LogP contribution in [-0.4, -0.2) is 42.1 Å². The fourth-order valence-electron chi connectivity index (χ4n) is 4.34. The van der Waals surface area contributed by atoms with Crippen LogP contribution in [0.2, 0.25) is 0 Å². The van der Waals surface area contributed by atoms with Gasteiger partial charge >= 0.3 is 0 Å². The number of carbonyl (C=O) groups excluding carboxylic acids is 1. The van der Waals surface area contributed by atoms with E-state index in [1.807, 2.05) is 0 Å². The highest BCUT2D eigenvalue weighted by molar-refractivity contribution is 7.09. The van der Waals surface area contributed by atoms with Crippen molar-refractivity contribution in [3.05, 3.63) is 52.0 Å². The van der Waals surface area contributed by atoms with Gasteiger partial charge in [0.05, 0.1) is 10.7 Å². The van der Waals surface area contributed by atoms with Crippen molar-refractivity contribution < 1.29 is 9.53 Å². The summed E-state index contributed by atoms with van der Waals surface area (Å²) >= 11 is 1.72. The number of hydrogen-bond donors (Lipinski definition) is 0. The average Bonchev–Trinajstić information content (AvgIpc) is 3.16. The predicted octanol–water partition coefficient (Wildman–Crippen LogP) is 3.79. The van der Waals surface area contributed by atoms with Crippen LogP contribution in [0, 0.1) is 12.8 Å². The van der Waals surface area contributed by atoms with Crippen molar-refractivity contribution in [1.29, 1.82) is 0 Å². The fourth-order valence-corrected chi connectivity index (χ4v) is 5.06. The maximum atomic E-state index is 12.9. The van der Waals surface area contributed by atoms with Gasteiger partial charge < -0.3 is 9.64 Å². The number of rotatable bonds is 3. The third-order valence-corrected chi connectivity index (χ3v) is 6.71. The van der Waals surface area contributed by atoms with Gasteiger partial charge in [-0.2, -0.15) is 0 Å². The van der Waals surface area contributed by atoms with Gasteiger partial charge in [0, 0.05) is 43.0 Å². The minimum Gasteiger partial charge on any atom is -0.381 e. The molecule has 26 heavy (non-hydrogen) atoms. The zero-order valence-corrected chi connectivity index (χ0v) is 16.1. The predicted molar refractivity (Wildman–Crippen MR) is 103 cm³/mol. The van der Waals surface area contributed by atoms with Crippen LogP contribution in [0.3, 0.4) is 0 Å². The van der Waals surface area contributed by atoms with Crippen molar-refractivity contribution in [3.8, 4) is 0 Å². The van der Waals surface area contributed by atoms with Gasteiger partial charge in [0.25, 0.3) is 0 Å². The van der Waals surface area contributed by atoms with Gasteiger partial charge in [0.2, 0.25) is 5.91 Å². The number of aryl methyl sites for hydroxylation is 1. The number of likely N-dealkylation sites (tertiary alicyclic amines) is 1. The van der Waals surface area contributed by atoms with Gasteiger partial charge in [0.1, 0.15) is 0 Å². The Hall–Kier alpha value is -1.72. The zero-order chi connectivity index (χ0) is 18.0. The molecular formula is C21H26N2O2S. The summed E-state index contributed by atoms with van der Waals surface area (Å²) in [6.45, 7) is 5.12. The fraction of sp³-hybridized carbons (Fsp3) is 0.524. The molecule has 2 aromatic rings. The zero-order valence-electron chi connectivity index (χ0n) is 15.3. The Balaban J connectivity index is 1.56. The first-order valence-corrected chi connectivity index (χ1v) is 10.4. The monoisotopic (exact) mass is 370 g/mol. The van der Waals surface area contributed by atoms with Crippen LogP contribution < -0.4 is 0 Å². The molecule has 0 radical (unpaired) electrons. The maximum absolute atomic E-state index is 12.9. The third-order valence-electron chi connectivity index (χ3n) is 5.93. The van der Waals surface area contributed by atoms with Crippen molar-refractivity contribution in [1.82, 2.24) is 9.88 Å². The number of nitrogens with zero attached hydrogens (tertiary/aromatic N) is 2. The van der Waals surface area contributed by atoms with Crippen LogP contribution >= 0.6 is 11.3 Å². The molecule has 0 saturated carbocycles. The van der Waals surface area contributed by atoms with E-state index in [1.165, 1.54) is 11.3 Å². The summed E-state index contributed by atoms with van der Waals surface area (Å²) in [7, 11) is 0. The van der Waals surface area contributed by atoms with Gasteiger partial charge in [-0.3, -0.25) is 4.79 Å². The molecule has 2 fully saturated rings. The SMILES string of the molecule is Cc1nc(C2(c3ccccc3)CCN(C(=O)C3CCOCC3)CC2)cs1. The molecule has 0 N–H and O–H groups in total. The molecule has 2 aliphatic rings. The summed E-state index contributed by atoms with van der Waals surface area (Å²) in [5.74, 6) is 0.471. The number of piperidine rings is 1. The molecule has 0 spiro atoms. The molecule has 4 nitrogen and oxygen atoms in total. The Bertz CT molecular complexity index is 744. The van der Waals surface area contributed by atoms with Gasteiger partial charge in [0.15, 0.2) is 0 Å². The maximum Gasteiger partial charge on any atom is 0.225 e. The van der Waals surface area contributed by atoms with E-state index in [2.05, 4.69) is 47.5 Å². The smallest absolute Gasteiger partial charge is 0.225 e.